The number of ether oxygens (including phenoxy) is 1. The molecule has 0 aliphatic heterocycles. The molecule has 5 nitrogen and oxygen atoms in total. The number of thioether (sulfide) groups is 1. The maximum atomic E-state index is 12.0. The molecule has 0 fully saturated rings. The second-order valence-corrected chi connectivity index (χ2v) is 6.23. The molecule has 0 radical (unpaired) electrons. The van der Waals surface area contributed by atoms with Crippen LogP contribution in [-0.4, -0.2) is 29.7 Å². The fourth-order valence-electron chi connectivity index (χ4n) is 1.65. The lowest BCUT2D eigenvalue weighted by Gasteiger charge is -2.08. The van der Waals surface area contributed by atoms with Gasteiger partial charge >= 0.3 is 5.97 Å². The molecular weight excluding hydrogens is 415 g/mol. The molecular formula is C15H13IN2O3S. The highest BCUT2D eigenvalue weighted by Crippen LogP contribution is 2.17. The van der Waals surface area contributed by atoms with Crippen molar-refractivity contribution in [1.82, 2.24) is 4.98 Å². The van der Waals surface area contributed by atoms with E-state index in [1.54, 1.807) is 30.5 Å². The van der Waals surface area contributed by atoms with Crippen molar-refractivity contribution in [3.8, 4) is 0 Å². The molecule has 1 aromatic carbocycles. The normalized spacial score (nSPS) is 10.1. The zero-order valence-corrected chi connectivity index (χ0v) is 14.7. The van der Waals surface area contributed by atoms with E-state index in [0.29, 0.717) is 16.3 Å². The van der Waals surface area contributed by atoms with Gasteiger partial charge in [0.15, 0.2) is 6.61 Å². The molecule has 0 spiro atoms. The van der Waals surface area contributed by atoms with Crippen molar-refractivity contribution in [1.29, 1.82) is 0 Å². The first-order chi connectivity index (χ1) is 10.6. The third-order valence-electron chi connectivity index (χ3n) is 2.65. The fraction of sp³-hybridized carbons (Fsp3) is 0.133. The Hall–Kier alpha value is -1.61. The van der Waals surface area contributed by atoms with Crippen molar-refractivity contribution >= 4 is 51.9 Å². The summed E-state index contributed by atoms with van der Waals surface area (Å²) in [7, 11) is 0. The Kier molecular flexibility index (Phi) is 6.20. The molecule has 114 valence electrons. The van der Waals surface area contributed by atoms with Gasteiger partial charge in [0.1, 0.15) is 5.03 Å². The Labute approximate surface area is 146 Å². The van der Waals surface area contributed by atoms with Crippen LogP contribution in [0.25, 0.3) is 0 Å². The molecule has 1 amide bonds. The van der Waals surface area contributed by atoms with Gasteiger partial charge in [-0.1, -0.05) is 0 Å². The number of carbonyl (C=O) groups excluding carboxylic acids is 2. The van der Waals surface area contributed by atoms with Gasteiger partial charge in [-0.25, -0.2) is 9.78 Å². The van der Waals surface area contributed by atoms with Crippen LogP contribution >= 0.6 is 34.4 Å². The zero-order chi connectivity index (χ0) is 15.9. The van der Waals surface area contributed by atoms with Crippen molar-refractivity contribution in [3.63, 3.8) is 0 Å². The van der Waals surface area contributed by atoms with E-state index in [2.05, 4.69) is 32.9 Å². The predicted molar refractivity (Wildman–Crippen MR) is 94.1 cm³/mol. The van der Waals surface area contributed by atoms with E-state index >= 15 is 0 Å². The average molecular weight is 428 g/mol. The molecule has 1 heterocycles. The summed E-state index contributed by atoms with van der Waals surface area (Å²) < 4.78 is 6.09. The second-order valence-electron chi connectivity index (χ2n) is 4.19. The number of pyridine rings is 1. The lowest BCUT2D eigenvalue weighted by molar-refractivity contribution is -0.119. The number of aromatic nitrogens is 1. The third-order valence-corrected chi connectivity index (χ3v) is 4.08. The lowest BCUT2D eigenvalue weighted by atomic mass is 10.3. The summed E-state index contributed by atoms with van der Waals surface area (Å²) >= 11 is 3.53. The largest absolute Gasteiger partial charge is 0.452 e. The summed E-state index contributed by atoms with van der Waals surface area (Å²) in [6.07, 6.45) is 3.43. The summed E-state index contributed by atoms with van der Waals surface area (Å²) in [5, 5.41) is 3.24. The standard InChI is InChI=1S/C15H13IN2O3S/c1-22-14-12(3-2-8-17-14)15(20)21-9-13(19)18-11-6-4-10(16)5-7-11/h2-8H,9H2,1H3,(H,18,19). The van der Waals surface area contributed by atoms with Crippen LogP contribution in [0.15, 0.2) is 47.6 Å². The molecule has 0 bridgehead atoms. The molecule has 22 heavy (non-hydrogen) atoms. The Bertz CT molecular complexity index is 677. The molecule has 1 N–H and O–H groups in total. The van der Waals surface area contributed by atoms with E-state index in [4.69, 9.17) is 4.74 Å². The van der Waals surface area contributed by atoms with Crippen LogP contribution in [0.2, 0.25) is 0 Å². The quantitative estimate of drug-likeness (QED) is 0.450. The number of hydrogen-bond donors (Lipinski definition) is 1. The molecule has 0 saturated heterocycles. The minimum absolute atomic E-state index is 0.340. The van der Waals surface area contributed by atoms with Crippen LogP contribution in [0, 0.1) is 3.57 Å². The number of hydrogen-bond acceptors (Lipinski definition) is 5. The van der Waals surface area contributed by atoms with E-state index in [1.807, 2.05) is 18.4 Å². The number of nitrogens with one attached hydrogen (secondary N) is 1. The molecule has 0 aliphatic carbocycles. The number of rotatable bonds is 5. The monoisotopic (exact) mass is 428 g/mol. The van der Waals surface area contributed by atoms with Gasteiger partial charge in [-0.3, -0.25) is 4.79 Å². The Morgan fingerprint density at radius 2 is 2.00 bits per heavy atom. The van der Waals surface area contributed by atoms with Gasteiger partial charge in [0.25, 0.3) is 5.91 Å². The minimum Gasteiger partial charge on any atom is -0.452 e. The van der Waals surface area contributed by atoms with E-state index < -0.39 is 5.97 Å². The number of amides is 1. The van der Waals surface area contributed by atoms with E-state index in [0.717, 1.165) is 3.57 Å². The Morgan fingerprint density at radius 1 is 1.27 bits per heavy atom. The maximum Gasteiger partial charge on any atom is 0.341 e. The first kappa shape index (κ1) is 16.8. The summed E-state index contributed by atoms with van der Waals surface area (Å²) in [6, 6.07) is 10.6. The zero-order valence-electron chi connectivity index (χ0n) is 11.7. The van der Waals surface area contributed by atoms with Crippen LogP contribution in [0.5, 0.6) is 0 Å². The molecule has 0 atom stereocenters. The van der Waals surface area contributed by atoms with Gasteiger partial charge in [-0.2, -0.15) is 0 Å². The number of benzene rings is 1. The number of esters is 1. The summed E-state index contributed by atoms with van der Waals surface area (Å²) in [4.78, 5) is 27.8. The van der Waals surface area contributed by atoms with Crippen LogP contribution in [0.4, 0.5) is 5.69 Å². The van der Waals surface area contributed by atoms with Crippen LogP contribution < -0.4 is 5.32 Å². The highest BCUT2D eigenvalue weighted by molar-refractivity contribution is 14.1. The molecule has 0 saturated carbocycles. The SMILES string of the molecule is CSc1ncccc1C(=O)OCC(=O)Nc1ccc(I)cc1. The molecule has 1 aromatic heterocycles. The van der Waals surface area contributed by atoms with Crippen LogP contribution in [-0.2, 0) is 9.53 Å². The second kappa shape index (κ2) is 8.14. The molecule has 7 heteroatoms. The van der Waals surface area contributed by atoms with Gasteiger partial charge < -0.3 is 10.1 Å². The maximum absolute atomic E-state index is 12.0. The first-order valence-corrected chi connectivity index (χ1v) is 8.62. The highest BCUT2D eigenvalue weighted by atomic mass is 127. The van der Waals surface area contributed by atoms with Gasteiger partial charge in [0, 0.05) is 15.5 Å². The minimum atomic E-state index is -0.560. The van der Waals surface area contributed by atoms with Gasteiger partial charge in [0.05, 0.1) is 5.56 Å². The summed E-state index contributed by atoms with van der Waals surface area (Å²) in [5.41, 5.74) is 1.02. The topological polar surface area (TPSA) is 68.3 Å². The van der Waals surface area contributed by atoms with Crippen molar-refractivity contribution in [2.75, 3.05) is 18.2 Å². The average Bonchev–Trinajstić information content (AvgIpc) is 2.54. The smallest absolute Gasteiger partial charge is 0.341 e. The molecule has 2 aromatic rings. The van der Waals surface area contributed by atoms with Crippen molar-refractivity contribution in [3.05, 3.63) is 51.7 Å². The summed E-state index contributed by atoms with van der Waals surface area (Å²) in [6.45, 7) is -0.340. The molecule has 0 unspecified atom stereocenters. The van der Waals surface area contributed by atoms with E-state index in [1.165, 1.54) is 11.8 Å². The van der Waals surface area contributed by atoms with Crippen LogP contribution in [0.3, 0.4) is 0 Å². The lowest BCUT2D eigenvalue weighted by Crippen LogP contribution is -2.21. The van der Waals surface area contributed by atoms with Crippen LogP contribution in [0.1, 0.15) is 10.4 Å². The third kappa shape index (κ3) is 4.70. The van der Waals surface area contributed by atoms with Crippen molar-refractivity contribution in [2.24, 2.45) is 0 Å². The van der Waals surface area contributed by atoms with Gasteiger partial charge in [-0.05, 0) is 65.2 Å². The summed E-state index contributed by atoms with van der Waals surface area (Å²) in [5.74, 6) is -0.945. The molecule has 0 aliphatic rings. The van der Waals surface area contributed by atoms with Gasteiger partial charge in [0.2, 0.25) is 0 Å². The van der Waals surface area contributed by atoms with E-state index in [9.17, 15) is 9.59 Å². The van der Waals surface area contributed by atoms with Crippen molar-refractivity contribution in [2.45, 2.75) is 5.03 Å². The predicted octanol–water partition coefficient (Wildman–Crippen LogP) is 3.20. The van der Waals surface area contributed by atoms with Gasteiger partial charge in [-0.15, -0.1) is 11.8 Å². The molecule has 2 rings (SSSR count). The number of halogens is 1. The fourth-order valence-corrected chi connectivity index (χ4v) is 2.55. The number of carbonyl (C=O) groups is 2. The van der Waals surface area contributed by atoms with E-state index in [-0.39, 0.29) is 12.5 Å². The highest BCUT2D eigenvalue weighted by Gasteiger charge is 2.14. The number of anilines is 1. The Morgan fingerprint density at radius 3 is 2.68 bits per heavy atom. The Balaban J connectivity index is 1.90. The van der Waals surface area contributed by atoms with Crippen molar-refractivity contribution < 1.29 is 14.3 Å². The first-order valence-electron chi connectivity index (χ1n) is 6.31. The number of nitrogens with zero attached hydrogens (tertiary/aromatic N) is 1.